The van der Waals surface area contributed by atoms with E-state index in [0.29, 0.717) is 11.7 Å². The molecule has 1 aliphatic rings. The van der Waals surface area contributed by atoms with Gasteiger partial charge in [0, 0.05) is 0 Å². The molecule has 2 N–H and O–H groups in total. The summed E-state index contributed by atoms with van der Waals surface area (Å²) >= 11 is 0. The van der Waals surface area contributed by atoms with E-state index in [1.54, 1.807) is 24.3 Å². The Morgan fingerprint density at radius 2 is 1.81 bits per heavy atom. The SMILES string of the molecule is O=C(CNS(=O)(=O)c1ccc(C2CCCCC2)cc1)NCc1ccco1. The van der Waals surface area contributed by atoms with Crippen LogP contribution in [0.1, 0.15) is 49.3 Å². The molecule has 0 unspecified atom stereocenters. The van der Waals surface area contributed by atoms with E-state index in [1.165, 1.54) is 43.9 Å². The highest BCUT2D eigenvalue weighted by atomic mass is 32.2. The van der Waals surface area contributed by atoms with Gasteiger partial charge in [-0.05, 0) is 48.6 Å². The minimum Gasteiger partial charge on any atom is -0.467 e. The summed E-state index contributed by atoms with van der Waals surface area (Å²) in [6, 6.07) is 10.5. The average molecular weight is 376 g/mol. The molecule has 1 heterocycles. The van der Waals surface area contributed by atoms with Crippen molar-refractivity contribution in [1.82, 2.24) is 10.0 Å². The molecule has 1 amide bonds. The predicted molar refractivity (Wildman–Crippen MR) is 98.0 cm³/mol. The number of hydrogen-bond donors (Lipinski definition) is 2. The molecular formula is C19H24N2O4S. The number of furan rings is 1. The van der Waals surface area contributed by atoms with Crippen LogP contribution in [0.4, 0.5) is 0 Å². The van der Waals surface area contributed by atoms with Crippen LogP contribution < -0.4 is 10.0 Å². The van der Waals surface area contributed by atoms with Gasteiger partial charge in [0.05, 0.1) is 24.2 Å². The first-order valence-corrected chi connectivity index (χ1v) is 10.4. The van der Waals surface area contributed by atoms with Gasteiger partial charge in [0.2, 0.25) is 15.9 Å². The lowest BCUT2D eigenvalue weighted by molar-refractivity contribution is -0.120. The third-order valence-corrected chi connectivity index (χ3v) is 6.15. The van der Waals surface area contributed by atoms with Gasteiger partial charge in [-0.3, -0.25) is 4.79 Å². The minimum atomic E-state index is -3.71. The van der Waals surface area contributed by atoms with Gasteiger partial charge in [-0.2, -0.15) is 0 Å². The van der Waals surface area contributed by atoms with E-state index >= 15 is 0 Å². The number of benzene rings is 1. The minimum absolute atomic E-state index is 0.177. The first-order chi connectivity index (χ1) is 12.5. The molecule has 140 valence electrons. The zero-order valence-corrected chi connectivity index (χ0v) is 15.4. The highest BCUT2D eigenvalue weighted by Gasteiger charge is 2.18. The fourth-order valence-corrected chi connectivity index (χ4v) is 4.24. The smallest absolute Gasteiger partial charge is 0.241 e. The molecule has 1 aliphatic carbocycles. The molecule has 7 heteroatoms. The maximum Gasteiger partial charge on any atom is 0.241 e. The summed E-state index contributed by atoms with van der Waals surface area (Å²) < 4.78 is 32.1. The van der Waals surface area contributed by atoms with Crippen LogP contribution in [0.25, 0.3) is 0 Å². The lowest BCUT2D eigenvalue weighted by atomic mass is 9.84. The lowest BCUT2D eigenvalue weighted by Gasteiger charge is -2.22. The van der Waals surface area contributed by atoms with Crippen molar-refractivity contribution in [3.8, 4) is 0 Å². The van der Waals surface area contributed by atoms with Crippen molar-refractivity contribution in [3.63, 3.8) is 0 Å². The van der Waals surface area contributed by atoms with Crippen LogP contribution >= 0.6 is 0 Å². The Labute approximate surface area is 154 Å². The standard InChI is InChI=1S/C19H24N2O4S/c22-19(20-13-17-7-4-12-25-17)14-21-26(23,24)18-10-8-16(9-11-18)15-5-2-1-3-6-15/h4,7-12,15,21H,1-3,5-6,13-14H2,(H,20,22). The van der Waals surface area contributed by atoms with Crippen molar-refractivity contribution in [1.29, 1.82) is 0 Å². The van der Waals surface area contributed by atoms with Gasteiger partial charge in [0.15, 0.2) is 0 Å². The largest absolute Gasteiger partial charge is 0.467 e. The van der Waals surface area contributed by atoms with Crippen LogP contribution in [0.3, 0.4) is 0 Å². The first kappa shape index (κ1) is 18.7. The molecule has 2 aromatic rings. The average Bonchev–Trinajstić information content (AvgIpc) is 3.19. The molecule has 1 aromatic heterocycles. The number of nitrogens with one attached hydrogen (secondary N) is 2. The molecule has 0 aliphatic heterocycles. The molecule has 1 aromatic carbocycles. The van der Waals surface area contributed by atoms with E-state index in [-0.39, 0.29) is 18.0 Å². The third kappa shape index (κ3) is 4.95. The number of carbonyl (C=O) groups is 1. The molecule has 0 bridgehead atoms. The van der Waals surface area contributed by atoms with Gasteiger partial charge < -0.3 is 9.73 Å². The molecule has 0 atom stereocenters. The van der Waals surface area contributed by atoms with Gasteiger partial charge in [-0.1, -0.05) is 31.4 Å². The summed E-state index contributed by atoms with van der Waals surface area (Å²) in [5.74, 6) is 0.726. The molecule has 0 saturated heterocycles. The third-order valence-electron chi connectivity index (χ3n) is 4.73. The number of amides is 1. The molecular weight excluding hydrogens is 352 g/mol. The van der Waals surface area contributed by atoms with Crippen molar-refractivity contribution in [3.05, 3.63) is 54.0 Å². The Kier molecular flexibility index (Phi) is 6.11. The maximum absolute atomic E-state index is 12.3. The Bertz CT molecular complexity index is 808. The first-order valence-electron chi connectivity index (χ1n) is 8.93. The summed E-state index contributed by atoms with van der Waals surface area (Å²) in [7, 11) is -3.71. The Morgan fingerprint density at radius 3 is 2.46 bits per heavy atom. The highest BCUT2D eigenvalue weighted by molar-refractivity contribution is 7.89. The van der Waals surface area contributed by atoms with Gasteiger partial charge in [0.25, 0.3) is 0 Å². The number of sulfonamides is 1. The summed E-state index contributed by atoms with van der Waals surface area (Å²) in [6.45, 7) is -0.0862. The number of carbonyl (C=O) groups excluding carboxylic acids is 1. The van der Waals surface area contributed by atoms with Crippen molar-refractivity contribution in [2.75, 3.05) is 6.54 Å². The normalized spacial score (nSPS) is 15.7. The van der Waals surface area contributed by atoms with Crippen LogP contribution in [-0.4, -0.2) is 20.9 Å². The molecule has 1 fully saturated rings. The summed E-state index contributed by atoms with van der Waals surface area (Å²) in [4.78, 5) is 12.0. The second-order valence-corrected chi connectivity index (χ2v) is 8.35. The Hall–Kier alpha value is -2.12. The van der Waals surface area contributed by atoms with E-state index in [4.69, 9.17) is 4.42 Å². The topological polar surface area (TPSA) is 88.4 Å². The van der Waals surface area contributed by atoms with Crippen LogP contribution in [0.2, 0.25) is 0 Å². The van der Waals surface area contributed by atoms with E-state index in [2.05, 4.69) is 10.0 Å². The Morgan fingerprint density at radius 1 is 1.08 bits per heavy atom. The van der Waals surface area contributed by atoms with Crippen LogP contribution in [-0.2, 0) is 21.4 Å². The summed E-state index contributed by atoms with van der Waals surface area (Å²) in [6.07, 6.45) is 7.61. The fraction of sp³-hybridized carbons (Fsp3) is 0.421. The van der Waals surface area contributed by atoms with E-state index in [0.717, 1.165) is 0 Å². The van der Waals surface area contributed by atoms with Gasteiger partial charge in [-0.25, -0.2) is 13.1 Å². The Balaban J connectivity index is 1.53. The van der Waals surface area contributed by atoms with Crippen molar-refractivity contribution in [2.24, 2.45) is 0 Å². The van der Waals surface area contributed by atoms with Crippen molar-refractivity contribution in [2.45, 2.75) is 49.5 Å². The van der Waals surface area contributed by atoms with E-state index in [9.17, 15) is 13.2 Å². The van der Waals surface area contributed by atoms with Crippen LogP contribution in [0.5, 0.6) is 0 Å². The molecule has 1 saturated carbocycles. The van der Waals surface area contributed by atoms with Crippen LogP contribution in [0.15, 0.2) is 52.0 Å². The molecule has 0 spiro atoms. The monoisotopic (exact) mass is 376 g/mol. The predicted octanol–water partition coefficient (Wildman–Crippen LogP) is 2.92. The lowest BCUT2D eigenvalue weighted by Crippen LogP contribution is -2.36. The maximum atomic E-state index is 12.3. The van der Waals surface area contributed by atoms with E-state index < -0.39 is 15.9 Å². The second-order valence-electron chi connectivity index (χ2n) is 6.58. The molecule has 0 radical (unpaired) electrons. The highest BCUT2D eigenvalue weighted by Crippen LogP contribution is 2.32. The van der Waals surface area contributed by atoms with Crippen molar-refractivity contribution < 1.29 is 17.6 Å². The van der Waals surface area contributed by atoms with Crippen LogP contribution in [0, 0.1) is 0 Å². The van der Waals surface area contributed by atoms with Gasteiger partial charge in [-0.15, -0.1) is 0 Å². The van der Waals surface area contributed by atoms with Gasteiger partial charge >= 0.3 is 0 Å². The summed E-state index contributed by atoms with van der Waals surface area (Å²) in [5.41, 5.74) is 1.19. The zero-order chi connectivity index (χ0) is 18.4. The second kappa shape index (κ2) is 8.51. The molecule has 3 rings (SSSR count). The van der Waals surface area contributed by atoms with E-state index in [1.807, 2.05) is 12.1 Å². The summed E-state index contributed by atoms with van der Waals surface area (Å²) in [5, 5.41) is 2.60. The fourth-order valence-electron chi connectivity index (χ4n) is 3.26. The van der Waals surface area contributed by atoms with Crippen molar-refractivity contribution >= 4 is 15.9 Å². The number of hydrogen-bond acceptors (Lipinski definition) is 4. The zero-order valence-electron chi connectivity index (χ0n) is 14.6. The quantitative estimate of drug-likeness (QED) is 0.778. The molecule has 6 nitrogen and oxygen atoms in total. The molecule has 26 heavy (non-hydrogen) atoms. The number of rotatable bonds is 7. The van der Waals surface area contributed by atoms with Gasteiger partial charge in [0.1, 0.15) is 5.76 Å².